The first-order chi connectivity index (χ1) is 10.2. The van der Waals surface area contributed by atoms with Crippen molar-refractivity contribution in [3.05, 3.63) is 24.0 Å². The lowest BCUT2D eigenvalue weighted by Crippen LogP contribution is -2.33. The van der Waals surface area contributed by atoms with Crippen LogP contribution in [0.1, 0.15) is 45.5 Å². The van der Waals surface area contributed by atoms with Gasteiger partial charge in [0.05, 0.1) is 12.2 Å². The zero-order valence-corrected chi connectivity index (χ0v) is 14.1. The number of nitrogens with one attached hydrogen (secondary N) is 2. The molecule has 0 aliphatic heterocycles. The number of nitrogens with zero attached hydrogens (tertiary/aromatic N) is 3. The maximum Gasteiger partial charge on any atom is 0.407 e. The normalized spacial score (nSPS) is 12.8. The molecule has 7 heteroatoms. The molecule has 0 aromatic carbocycles. The predicted molar refractivity (Wildman–Crippen MR) is 85.2 cm³/mol. The fraction of sp³-hybridized carbons (Fsp3) is 0.667. The van der Waals surface area contributed by atoms with Crippen LogP contribution in [-0.4, -0.2) is 32.7 Å². The molecule has 1 atom stereocenters. The van der Waals surface area contributed by atoms with Crippen LogP contribution in [0.25, 0.3) is 0 Å². The van der Waals surface area contributed by atoms with Gasteiger partial charge in [0.2, 0.25) is 0 Å². The number of amides is 1. The van der Waals surface area contributed by atoms with Crippen molar-refractivity contribution in [3.63, 3.8) is 0 Å². The van der Waals surface area contributed by atoms with Gasteiger partial charge >= 0.3 is 6.09 Å². The predicted octanol–water partition coefficient (Wildman–Crippen LogP) is 1.89. The van der Waals surface area contributed by atoms with E-state index in [9.17, 15) is 4.79 Å². The molecule has 1 heterocycles. The number of ether oxygens (including phenoxy) is 1. The summed E-state index contributed by atoms with van der Waals surface area (Å²) >= 11 is 0. The smallest absolute Gasteiger partial charge is 0.407 e. The monoisotopic (exact) mass is 309 g/mol. The average Bonchev–Trinajstić information content (AvgIpc) is 2.73. The fourth-order valence-electron chi connectivity index (χ4n) is 1.85. The number of rotatable bonds is 7. The highest BCUT2D eigenvalue weighted by molar-refractivity contribution is 5.67. The Morgan fingerprint density at radius 3 is 2.73 bits per heavy atom. The Bertz CT molecular complexity index is 505. The summed E-state index contributed by atoms with van der Waals surface area (Å²) in [5.41, 5.74) is 1.15. The van der Waals surface area contributed by atoms with Crippen molar-refractivity contribution in [2.45, 2.75) is 58.8 Å². The summed E-state index contributed by atoms with van der Waals surface area (Å²) in [6.45, 7) is 12.2. The van der Waals surface area contributed by atoms with Crippen molar-refractivity contribution in [1.82, 2.24) is 25.6 Å². The van der Waals surface area contributed by atoms with E-state index in [0.717, 1.165) is 17.8 Å². The maximum atomic E-state index is 11.7. The van der Waals surface area contributed by atoms with Crippen LogP contribution in [0.5, 0.6) is 0 Å². The van der Waals surface area contributed by atoms with Crippen molar-refractivity contribution in [2.24, 2.45) is 7.05 Å². The Morgan fingerprint density at radius 1 is 1.45 bits per heavy atom. The highest BCUT2D eigenvalue weighted by Crippen LogP contribution is 2.08. The third-order valence-corrected chi connectivity index (χ3v) is 2.96. The van der Waals surface area contributed by atoms with E-state index in [1.54, 1.807) is 4.68 Å². The van der Waals surface area contributed by atoms with Crippen molar-refractivity contribution in [1.29, 1.82) is 0 Å². The second kappa shape index (κ2) is 7.93. The molecule has 0 aliphatic carbocycles. The molecule has 0 radical (unpaired) electrons. The third-order valence-electron chi connectivity index (χ3n) is 2.96. The van der Waals surface area contributed by atoms with Gasteiger partial charge < -0.3 is 15.4 Å². The average molecular weight is 309 g/mol. The SMILES string of the molecule is C=CCC(C)NCc1c(CNC(=O)OC(C)(C)C)nnn1C. The minimum absolute atomic E-state index is 0.287. The first-order valence-electron chi connectivity index (χ1n) is 7.41. The molecule has 2 N–H and O–H groups in total. The van der Waals surface area contributed by atoms with Gasteiger partial charge in [-0.05, 0) is 34.1 Å². The Kier molecular flexibility index (Phi) is 6.55. The van der Waals surface area contributed by atoms with Gasteiger partial charge in [-0.1, -0.05) is 11.3 Å². The van der Waals surface area contributed by atoms with Crippen molar-refractivity contribution in [2.75, 3.05) is 0 Å². The zero-order chi connectivity index (χ0) is 16.8. The summed E-state index contributed by atoms with van der Waals surface area (Å²) in [5.74, 6) is 0. The molecule has 1 aromatic heterocycles. The van der Waals surface area contributed by atoms with Crippen LogP contribution < -0.4 is 10.6 Å². The summed E-state index contributed by atoms with van der Waals surface area (Å²) in [7, 11) is 1.83. The summed E-state index contributed by atoms with van der Waals surface area (Å²) in [5, 5.41) is 14.2. The second-order valence-electron chi connectivity index (χ2n) is 6.27. The number of hydrogen-bond donors (Lipinski definition) is 2. The first kappa shape index (κ1) is 18.2. The van der Waals surface area contributed by atoms with Crippen LogP contribution in [0, 0.1) is 0 Å². The first-order valence-corrected chi connectivity index (χ1v) is 7.41. The third kappa shape index (κ3) is 6.26. The van der Waals surface area contributed by atoms with E-state index < -0.39 is 11.7 Å². The number of carbonyl (C=O) groups excluding carboxylic acids is 1. The zero-order valence-electron chi connectivity index (χ0n) is 14.1. The minimum Gasteiger partial charge on any atom is -0.444 e. The molecule has 0 saturated heterocycles. The minimum atomic E-state index is -0.517. The maximum absolute atomic E-state index is 11.7. The van der Waals surface area contributed by atoms with E-state index in [-0.39, 0.29) is 6.54 Å². The molecule has 22 heavy (non-hydrogen) atoms. The molecule has 7 nitrogen and oxygen atoms in total. The lowest BCUT2D eigenvalue weighted by atomic mass is 10.2. The largest absolute Gasteiger partial charge is 0.444 e. The fourth-order valence-corrected chi connectivity index (χ4v) is 1.85. The van der Waals surface area contributed by atoms with Crippen LogP contribution in [0.2, 0.25) is 0 Å². The van der Waals surface area contributed by atoms with Crippen molar-refractivity contribution in [3.8, 4) is 0 Å². The molecular formula is C15H27N5O2. The molecule has 1 rings (SSSR count). The molecule has 0 aliphatic rings. The van der Waals surface area contributed by atoms with Gasteiger partial charge in [0, 0.05) is 19.6 Å². The van der Waals surface area contributed by atoms with E-state index in [0.29, 0.717) is 12.6 Å². The summed E-state index contributed by atoms with van der Waals surface area (Å²) < 4.78 is 6.91. The molecular weight excluding hydrogens is 282 g/mol. The van der Waals surface area contributed by atoms with Crippen molar-refractivity contribution >= 4 is 6.09 Å². The Morgan fingerprint density at radius 2 is 2.14 bits per heavy atom. The Labute approximate surface area is 132 Å². The quantitative estimate of drug-likeness (QED) is 0.752. The number of alkyl carbamates (subject to hydrolysis) is 1. The van der Waals surface area contributed by atoms with E-state index >= 15 is 0 Å². The van der Waals surface area contributed by atoms with Gasteiger partial charge in [-0.25, -0.2) is 4.79 Å². The van der Waals surface area contributed by atoms with Gasteiger partial charge in [0.25, 0.3) is 0 Å². The van der Waals surface area contributed by atoms with Crippen LogP contribution in [0.3, 0.4) is 0 Å². The van der Waals surface area contributed by atoms with Crippen LogP contribution >= 0.6 is 0 Å². The number of aromatic nitrogens is 3. The summed E-state index contributed by atoms with van der Waals surface area (Å²) in [4.78, 5) is 11.7. The van der Waals surface area contributed by atoms with Crippen LogP contribution in [-0.2, 0) is 24.9 Å². The second-order valence-corrected chi connectivity index (χ2v) is 6.27. The molecule has 0 bridgehead atoms. The number of hydrogen-bond acceptors (Lipinski definition) is 5. The lowest BCUT2D eigenvalue weighted by Gasteiger charge is -2.19. The van der Waals surface area contributed by atoms with Gasteiger partial charge in [0.1, 0.15) is 11.3 Å². The molecule has 1 unspecified atom stereocenters. The highest BCUT2D eigenvalue weighted by atomic mass is 16.6. The van der Waals surface area contributed by atoms with Crippen LogP contribution in [0.15, 0.2) is 12.7 Å². The standard InChI is InChI=1S/C15H27N5O2/c1-7-8-11(2)16-10-13-12(18-19-20(13)6)9-17-14(21)22-15(3,4)5/h7,11,16H,1,8-10H2,2-6H3,(H,17,21). The molecule has 0 saturated carbocycles. The topological polar surface area (TPSA) is 81.1 Å². The molecule has 1 amide bonds. The highest BCUT2D eigenvalue weighted by Gasteiger charge is 2.17. The van der Waals surface area contributed by atoms with Gasteiger partial charge in [0.15, 0.2) is 0 Å². The molecule has 124 valence electrons. The summed E-state index contributed by atoms with van der Waals surface area (Å²) in [6, 6.07) is 0.319. The van der Waals surface area contributed by atoms with Crippen LogP contribution in [0.4, 0.5) is 4.79 Å². The number of carbonyl (C=O) groups is 1. The van der Waals surface area contributed by atoms with E-state index in [1.165, 1.54) is 0 Å². The van der Waals surface area contributed by atoms with Gasteiger partial charge in [-0.2, -0.15) is 0 Å². The van der Waals surface area contributed by atoms with Gasteiger partial charge in [-0.3, -0.25) is 4.68 Å². The van der Waals surface area contributed by atoms with Gasteiger partial charge in [-0.15, -0.1) is 11.7 Å². The molecule has 1 aromatic rings. The molecule has 0 fully saturated rings. The Hall–Kier alpha value is -1.89. The number of aryl methyl sites for hydroxylation is 1. The van der Waals surface area contributed by atoms with Crippen molar-refractivity contribution < 1.29 is 9.53 Å². The van der Waals surface area contributed by atoms with E-state index in [4.69, 9.17) is 4.74 Å². The lowest BCUT2D eigenvalue weighted by molar-refractivity contribution is 0.0523. The van der Waals surface area contributed by atoms with E-state index in [1.807, 2.05) is 33.9 Å². The Balaban J connectivity index is 2.57. The molecule has 0 spiro atoms. The summed E-state index contributed by atoms with van der Waals surface area (Å²) in [6.07, 6.45) is 2.30. The van der Waals surface area contributed by atoms with E-state index in [2.05, 4.69) is 34.4 Å².